The van der Waals surface area contributed by atoms with Gasteiger partial charge in [-0.2, -0.15) is 0 Å². The minimum absolute atomic E-state index is 0.269. The van der Waals surface area contributed by atoms with Gasteiger partial charge >= 0.3 is 5.97 Å². The highest BCUT2D eigenvalue weighted by Crippen LogP contribution is 2.19. The molecule has 16 heavy (non-hydrogen) atoms. The van der Waals surface area contributed by atoms with Gasteiger partial charge in [-0.3, -0.25) is 0 Å². The summed E-state index contributed by atoms with van der Waals surface area (Å²) in [5, 5.41) is 15.4. The molecule has 0 spiro atoms. The van der Waals surface area contributed by atoms with Crippen LogP contribution < -0.4 is 0 Å². The molecule has 1 aromatic carbocycles. The van der Waals surface area contributed by atoms with Gasteiger partial charge < -0.3 is 10.0 Å². The number of carbonyl (C=O) groups is 1. The van der Waals surface area contributed by atoms with Crippen molar-refractivity contribution in [3.8, 4) is 0 Å². The summed E-state index contributed by atoms with van der Waals surface area (Å²) in [7, 11) is 0. The number of hydrogen-bond donors (Lipinski definition) is 1. The standard InChI is InChI=1S/C11H10N2O3/c1-7(12-15)9-10(13-16-11(9)14)8-5-3-2-4-6-8/h2-6,9,15H,1H3/b12-7+. The number of oxime groups is 2. The molecule has 0 radical (unpaired) electrons. The molecule has 1 atom stereocenters. The van der Waals surface area contributed by atoms with Crippen LogP contribution in [-0.2, 0) is 9.63 Å². The maximum Gasteiger partial charge on any atom is 0.349 e. The van der Waals surface area contributed by atoms with Crippen LogP contribution in [0.15, 0.2) is 40.6 Å². The van der Waals surface area contributed by atoms with Crippen molar-refractivity contribution in [2.24, 2.45) is 16.2 Å². The molecule has 1 N–H and O–H groups in total. The molecule has 0 fully saturated rings. The lowest BCUT2D eigenvalue weighted by molar-refractivity contribution is -0.141. The maximum absolute atomic E-state index is 11.4. The average molecular weight is 218 g/mol. The summed E-state index contributed by atoms with van der Waals surface area (Å²) in [6.07, 6.45) is 0. The lowest BCUT2D eigenvalue weighted by Gasteiger charge is -2.06. The van der Waals surface area contributed by atoms with Crippen LogP contribution in [0.1, 0.15) is 12.5 Å². The highest BCUT2D eigenvalue weighted by molar-refractivity contribution is 6.26. The highest BCUT2D eigenvalue weighted by Gasteiger charge is 2.36. The average Bonchev–Trinajstić information content (AvgIpc) is 2.71. The zero-order valence-electron chi connectivity index (χ0n) is 8.62. The minimum atomic E-state index is -0.715. The van der Waals surface area contributed by atoms with E-state index in [0.29, 0.717) is 5.71 Å². The summed E-state index contributed by atoms with van der Waals surface area (Å²) in [5.74, 6) is -1.23. The summed E-state index contributed by atoms with van der Waals surface area (Å²) in [6.45, 7) is 1.55. The van der Waals surface area contributed by atoms with E-state index in [0.717, 1.165) is 5.56 Å². The van der Waals surface area contributed by atoms with E-state index in [1.165, 1.54) is 0 Å². The minimum Gasteiger partial charge on any atom is -0.411 e. The van der Waals surface area contributed by atoms with Crippen molar-refractivity contribution in [1.29, 1.82) is 0 Å². The van der Waals surface area contributed by atoms with Gasteiger partial charge in [0.2, 0.25) is 0 Å². The molecule has 5 nitrogen and oxygen atoms in total. The van der Waals surface area contributed by atoms with Crippen LogP contribution in [0.3, 0.4) is 0 Å². The number of rotatable bonds is 2. The number of carbonyl (C=O) groups excluding carboxylic acids is 1. The number of hydrogen-bond acceptors (Lipinski definition) is 5. The second-order valence-corrected chi connectivity index (χ2v) is 3.43. The summed E-state index contributed by atoms with van der Waals surface area (Å²) >= 11 is 0. The van der Waals surface area contributed by atoms with Gasteiger partial charge in [-0.25, -0.2) is 4.79 Å². The molecule has 0 saturated heterocycles. The molecule has 2 rings (SSSR count). The van der Waals surface area contributed by atoms with E-state index in [-0.39, 0.29) is 5.71 Å². The Kier molecular flexibility index (Phi) is 2.68. The molecule has 1 aromatic rings. The molecule has 5 heteroatoms. The number of benzene rings is 1. The van der Waals surface area contributed by atoms with Gasteiger partial charge in [0.05, 0.1) is 5.71 Å². The third-order valence-corrected chi connectivity index (χ3v) is 2.39. The smallest absolute Gasteiger partial charge is 0.349 e. The Labute approximate surface area is 92.0 Å². The Morgan fingerprint density at radius 3 is 2.75 bits per heavy atom. The Morgan fingerprint density at radius 2 is 2.12 bits per heavy atom. The molecule has 1 aliphatic heterocycles. The summed E-state index contributed by atoms with van der Waals surface area (Å²) in [4.78, 5) is 16.0. The zero-order valence-corrected chi connectivity index (χ0v) is 8.62. The molecule has 0 amide bonds. The lowest BCUT2D eigenvalue weighted by Crippen LogP contribution is -2.26. The largest absolute Gasteiger partial charge is 0.411 e. The summed E-state index contributed by atoms with van der Waals surface area (Å²) < 4.78 is 0. The van der Waals surface area contributed by atoms with Gasteiger partial charge in [-0.1, -0.05) is 40.6 Å². The van der Waals surface area contributed by atoms with Gasteiger partial charge in [0.15, 0.2) is 0 Å². The predicted octanol–water partition coefficient (Wildman–Crippen LogP) is 1.41. The third kappa shape index (κ3) is 1.67. The van der Waals surface area contributed by atoms with Crippen LogP contribution in [0, 0.1) is 5.92 Å². The molecule has 0 bridgehead atoms. The van der Waals surface area contributed by atoms with Crippen molar-refractivity contribution in [2.75, 3.05) is 0 Å². The first-order valence-corrected chi connectivity index (χ1v) is 4.76. The van der Waals surface area contributed by atoms with Gasteiger partial charge in [0, 0.05) is 5.56 Å². The van der Waals surface area contributed by atoms with Crippen LogP contribution in [-0.4, -0.2) is 22.6 Å². The Morgan fingerprint density at radius 1 is 1.44 bits per heavy atom. The maximum atomic E-state index is 11.4. The van der Waals surface area contributed by atoms with Crippen molar-refractivity contribution in [2.45, 2.75) is 6.92 Å². The fraction of sp³-hybridized carbons (Fsp3) is 0.182. The van der Waals surface area contributed by atoms with Crippen molar-refractivity contribution < 1.29 is 14.8 Å². The van der Waals surface area contributed by atoms with Crippen molar-refractivity contribution in [3.05, 3.63) is 35.9 Å². The van der Waals surface area contributed by atoms with Crippen LogP contribution in [0.4, 0.5) is 0 Å². The Bertz CT molecular complexity index is 465. The van der Waals surface area contributed by atoms with Crippen LogP contribution in [0.5, 0.6) is 0 Å². The van der Waals surface area contributed by atoms with E-state index >= 15 is 0 Å². The summed E-state index contributed by atoms with van der Waals surface area (Å²) in [5.41, 5.74) is 1.52. The van der Waals surface area contributed by atoms with Crippen LogP contribution in [0.2, 0.25) is 0 Å². The quantitative estimate of drug-likeness (QED) is 0.353. The molecule has 0 aromatic heterocycles. The normalized spacial score (nSPS) is 20.6. The SMILES string of the molecule is C/C(=N\O)C1C(=O)ON=C1c1ccccc1. The first-order valence-electron chi connectivity index (χ1n) is 4.76. The first-order chi connectivity index (χ1) is 7.74. The van der Waals surface area contributed by atoms with E-state index in [9.17, 15) is 4.79 Å². The first kappa shape index (κ1) is 10.4. The van der Waals surface area contributed by atoms with Crippen LogP contribution >= 0.6 is 0 Å². The summed E-state index contributed by atoms with van der Waals surface area (Å²) in [6, 6.07) is 9.17. The zero-order chi connectivity index (χ0) is 11.5. The number of nitrogens with zero attached hydrogens (tertiary/aromatic N) is 2. The molecule has 1 unspecified atom stereocenters. The van der Waals surface area contributed by atoms with Gasteiger partial charge in [-0.05, 0) is 6.92 Å². The predicted molar refractivity (Wildman–Crippen MR) is 57.5 cm³/mol. The Balaban J connectivity index is 2.39. The molecular weight excluding hydrogens is 208 g/mol. The van der Waals surface area contributed by atoms with Crippen molar-refractivity contribution >= 4 is 17.4 Å². The van der Waals surface area contributed by atoms with Gasteiger partial charge in [0.1, 0.15) is 11.6 Å². The second-order valence-electron chi connectivity index (χ2n) is 3.43. The Hall–Kier alpha value is -2.17. The van der Waals surface area contributed by atoms with Crippen LogP contribution in [0.25, 0.3) is 0 Å². The molecule has 0 aliphatic carbocycles. The van der Waals surface area contributed by atoms with E-state index < -0.39 is 11.9 Å². The van der Waals surface area contributed by atoms with Crippen molar-refractivity contribution in [3.63, 3.8) is 0 Å². The van der Waals surface area contributed by atoms with Crippen molar-refractivity contribution in [1.82, 2.24) is 0 Å². The van der Waals surface area contributed by atoms with Gasteiger partial charge in [-0.15, -0.1) is 0 Å². The van der Waals surface area contributed by atoms with E-state index in [2.05, 4.69) is 15.1 Å². The fourth-order valence-corrected chi connectivity index (χ4v) is 1.57. The third-order valence-electron chi connectivity index (χ3n) is 2.39. The molecular formula is C11H10N2O3. The van der Waals surface area contributed by atoms with Gasteiger partial charge in [0.25, 0.3) is 0 Å². The molecule has 1 aliphatic rings. The van der Waals surface area contributed by atoms with E-state index in [1.54, 1.807) is 6.92 Å². The molecule has 1 heterocycles. The molecule has 82 valence electrons. The van der Waals surface area contributed by atoms with E-state index in [1.807, 2.05) is 30.3 Å². The highest BCUT2D eigenvalue weighted by atomic mass is 16.7. The topological polar surface area (TPSA) is 71.2 Å². The van der Waals surface area contributed by atoms with E-state index in [4.69, 9.17) is 5.21 Å². The monoisotopic (exact) mass is 218 g/mol. The fourth-order valence-electron chi connectivity index (χ4n) is 1.57. The molecule has 0 saturated carbocycles. The second kappa shape index (κ2) is 4.14. The lowest BCUT2D eigenvalue weighted by atomic mass is 9.94.